The van der Waals surface area contributed by atoms with Crippen LogP contribution in [0.2, 0.25) is 0 Å². The van der Waals surface area contributed by atoms with Gasteiger partial charge in [-0.1, -0.05) is 30.3 Å². The van der Waals surface area contributed by atoms with Gasteiger partial charge in [-0.25, -0.2) is 4.79 Å². The quantitative estimate of drug-likeness (QED) is 0.461. The first-order chi connectivity index (χ1) is 14.2. The third-order valence-electron chi connectivity index (χ3n) is 4.08. The van der Waals surface area contributed by atoms with Crippen LogP contribution in [0.4, 0.5) is 5.69 Å². The van der Waals surface area contributed by atoms with Gasteiger partial charge in [-0.05, 0) is 48.5 Å². The smallest absolute Gasteiger partial charge is 0.340 e. The Balaban J connectivity index is 1.54. The number of hydrogen-bond donors (Lipinski definition) is 1. The zero-order valence-corrected chi connectivity index (χ0v) is 16.0. The molecule has 6 heteroatoms. The van der Waals surface area contributed by atoms with Gasteiger partial charge in [-0.3, -0.25) is 4.79 Å². The molecule has 3 aromatic carbocycles. The summed E-state index contributed by atoms with van der Waals surface area (Å²) in [7, 11) is 1.59. The van der Waals surface area contributed by atoms with E-state index in [1.165, 1.54) is 0 Å². The van der Waals surface area contributed by atoms with Crippen molar-refractivity contribution in [3.8, 4) is 11.5 Å². The minimum Gasteiger partial charge on any atom is -0.497 e. The van der Waals surface area contributed by atoms with Crippen molar-refractivity contribution in [3.05, 3.63) is 90.0 Å². The molecule has 0 unspecified atom stereocenters. The number of nitrogens with one attached hydrogen (secondary N) is 1. The van der Waals surface area contributed by atoms with Gasteiger partial charge < -0.3 is 19.5 Å². The molecule has 0 aliphatic heterocycles. The van der Waals surface area contributed by atoms with Gasteiger partial charge in [0.05, 0.1) is 18.4 Å². The monoisotopic (exact) mass is 391 g/mol. The molecule has 0 heterocycles. The van der Waals surface area contributed by atoms with Gasteiger partial charge in [0.15, 0.2) is 0 Å². The van der Waals surface area contributed by atoms with Crippen LogP contribution in [0.15, 0.2) is 78.9 Å². The predicted octanol–water partition coefficient (Wildman–Crippen LogP) is 4.18. The van der Waals surface area contributed by atoms with Crippen LogP contribution in [0.25, 0.3) is 0 Å². The summed E-state index contributed by atoms with van der Waals surface area (Å²) in [6.45, 7) is 0.280. The largest absolute Gasteiger partial charge is 0.497 e. The van der Waals surface area contributed by atoms with Crippen molar-refractivity contribution in [1.82, 2.24) is 0 Å². The molecule has 3 rings (SSSR count). The number of hydrogen-bond acceptors (Lipinski definition) is 5. The van der Waals surface area contributed by atoms with E-state index in [0.717, 1.165) is 5.75 Å². The highest BCUT2D eigenvalue weighted by atomic mass is 16.6. The molecule has 6 nitrogen and oxygen atoms in total. The van der Waals surface area contributed by atoms with Crippen molar-refractivity contribution in [3.63, 3.8) is 0 Å². The van der Waals surface area contributed by atoms with Crippen molar-refractivity contribution in [2.45, 2.75) is 0 Å². The maximum atomic E-state index is 12.4. The van der Waals surface area contributed by atoms with Crippen LogP contribution in [-0.4, -0.2) is 32.2 Å². The Kier molecular flexibility index (Phi) is 6.84. The number of carbonyl (C=O) groups is 2. The lowest BCUT2D eigenvalue weighted by Gasteiger charge is -2.11. The van der Waals surface area contributed by atoms with Crippen molar-refractivity contribution in [2.24, 2.45) is 0 Å². The fraction of sp³-hybridized carbons (Fsp3) is 0.130. The summed E-state index contributed by atoms with van der Waals surface area (Å²) in [5.74, 6) is 0.552. The van der Waals surface area contributed by atoms with Gasteiger partial charge in [0.1, 0.15) is 24.7 Å². The van der Waals surface area contributed by atoms with Gasteiger partial charge in [0.25, 0.3) is 5.91 Å². The molecule has 3 aromatic rings. The number of rotatable bonds is 8. The number of carbonyl (C=O) groups excluding carboxylic acids is 2. The average Bonchev–Trinajstić information content (AvgIpc) is 2.78. The van der Waals surface area contributed by atoms with Crippen LogP contribution in [0.3, 0.4) is 0 Å². The molecule has 1 N–H and O–H groups in total. The molecule has 0 bridgehead atoms. The van der Waals surface area contributed by atoms with Crippen LogP contribution in [0, 0.1) is 0 Å². The SMILES string of the molecule is COc1ccc(OCCOC(=O)c2ccccc2NC(=O)c2ccccc2)cc1. The number of anilines is 1. The summed E-state index contributed by atoms with van der Waals surface area (Å²) in [6.07, 6.45) is 0. The molecular weight excluding hydrogens is 370 g/mol. The summed E-state index contributed by atoms with van der Waals surface area (Å²) in [4.78, 5) is 24.8. The highest BCUT2D eigenvalue weighted by molar-refractivity contribution is 6.07. The summed E-state index contributed by atoms with van der Waals surface area (Å²) in [5, 5.41) is 2.75. The van der Waals surface area contributed by atoms with E-state index in [2.05, 4.69) is 5.32 Å². The number of ether oxygens (including phenoxy) is 3. The highest BCUT2D eigenvalue weighted by Gasteiger charge is 2.15. The fourth-order valence-electron chi connectivity index (χ4n) is 2.60. The fourth-order valence-corrected chi connectivity index (χ4v) is 2.60. The van der Waals surface area contributed by atoms with E-state index < -0.39 is 5.97 Å². The van der Waals surface area contributed by atoms with E-state index in [-0.39, 0.29) is 24.7 Å². The van der Waals surface area contributed by atoms with E-state index in [9.17, 15) is 9.59 Å². The van der Waals surface area contributed by atoms with Crippen LogP contribution in [-0.2, 0) is 4.74 Å². The first kappa shape index (κ1) is 19.9. The third kappa shape index (κ3) is 5.59. The molecule has 29 heavy (non-hydrogen) atoms. The van der Waals surface area contributed by atoms with Gasteiger partial charge in [0, 0.05) is 5.56 Å². The van der Waals surface area contributed by atoms with E-state index in [0.29, 0.717) is 17.0 Å². The molecule has 0 fully saturated rings. The first-order valence-corrected chi connectivity index (χ1v) is 9.07. The maximum Gasteiger partial charge on any atom is 0.340 e. The van der Waals surface area contributed by atoms with E-state index >= 15 is 0 Å². The van der Waals surface area contributed by atoms with Crippen LogP contribution < -0.4 is 14.8 Å². The lowest BCUT2D eigenvalue weighted by atomic mass is 10.1. The predicted molar refractivity (Wildman–Crippen MR) is 110 cm³/mol. The molecule has 0 aliphatic rings. The Morgan fingerprint density at radius 2 is 1.45 bits per heavy atom. The Morgan fingerprint density at radius 3 is 2.17 bits per heavy atom. The molecule has 0 saturated carbocycles. The van der Waals surface area contributed by atoms with Crippen molar-refractivity contribution in [2.75, 3.05) is 25.6 Å². The Bertz CT molecular complexity index is 955. The number of benzene rings is 3. The minimum atomic E-state index is -0.535. The van der Waals surface area contributed by atoms with Crippen LogP contribution >= 0.6 is 0 Å². The molecule has 0 aliphatic carbocycles. The zero-order chi connectivity index (χ0) is 20.5. The second-order valence-corrected chi connectivity index (χ2v) is 6.03. The molecular formula is C23H21NO5. The Hall–Kier alpha value is -3.80. The topological polar surface area (TPSA) is 73.9 Å². The van der Waals surface area contributed by atoms with E-state index in [1.54, 1.807) is 79.9 Å². The van der Waals surface area contributed by atoms with Gasteiger partial charge in [-0.15, -0.1) is 0 Å². The highest BCUT2D eigenvalue weighted by Crippen LogP contribution is 2.18. The van der Waals surface area contributed by atoms with Gasteiger partial charge in [-0.2, -0.15) is 0 Å². The number of para-hydroxylation sites is 1. The van der Waals surface area contributed by atoms with Gasteiger partial charge in [0.2, 0.25) is 0 Å². The van der Waals surface area contributed by atoms with E-state index in [4.69, 9.17) is 14.2 Å². The third-order valence-corrected chi connectivity index (χ3v) is 4.08. The normalized spacial score (nSPS) is 10.1. The summed E-state index contributed by atoms with van der Waals surface area (Å²) in [6, 6.07) is 22.6. The summed E-state index contributed by atoms with van der Waals surface area (Å²) < 4.78 is 15.9. The second kappa shape index (κ2) is 9.94. The zero-order valence-electron chi connectivity index (χ0n) is 16.0. The van der Waals surface area contributed by atoms with Crippen molar-refractivity contribution < 1.29 is 23.8 Å². The standard InChI is InChI=1S/C23H21NO5/c1-27-18-11-13-19(14-12-18)28-15-16-29-23(26)20-9-5-6-10-21(20)24-22(25)17-7-3-2-4-8-17/h2-14H,15-16H2,1H3,(H,24,25). The summed E-state index contributed by atoms with van der Waals surface area (Å²) in [5.41, 5.74) is 1.17. The molecule has 148 valence electrons. The summed E-state index contributed by atoms with van der Waals surface area (Å²) >= 11 is 0. The van der Waals surface area contributed by atoms with Crippen molar-refractivity contribution in [1.29, 1.82) is 0 Å². The number of methoxy groups -OCH3 is 1. The molecule has 0 radical (unpaired) electrons. The number of esters is 1. The molecule has 1 amide bonds. The molecule has 0 saturated heterocycles. The van der Waals surface area contributed by atoms with Crippen molar-refractivity contribution >= 4 is 17.6 Å². The first-order valence-electron chi connectivity index (χ1n) is 9.07. The number of amides is 1. The lowest BCUT2D eigenvalue weighted by Crippen LogP contribution is -2.17. The lowest BCUT2D eigenvalue weighted by molar-refractivity contribution is 0.0451. The molecule has 0 aromatic heterocycles. The molecule has 0 atom stereocenters. The minimum absolute atomic E-state index is 0.0752. The maximum absolute atomic E-state index is 12.4. The van der Waals surface area contributed by atoms with Gasteiger partial charge >= 0.3 is 5.97 Å². The second-order valence-electron chi connectivity index (χ2n) is 6.03. The Morgan fingerprint density at radius 1 is 0.793 bits per heavy atom. The van der Waals surface area contributed by atoms with Crippen LogP contribution in [0.5, 0.6) is 11.5 Å². The van der Waals surface area contributed by atoms with E-state index in [1.807, 2.05) is 6.07 Å². The average molecular weight is 391 g/mol. The molecule has 0 spiro atoms. The van der Waals surface area contributed by atoms with Crippen LogP contribution in [0.1, 0.15) is 20.7 Å². The Labute approximate surface area is 169 Å².